The highest BCUT2D eigenvalue weighted by Gasteiger charge is 2.14. The Morgan fingerprint density at radius 2 is 2.00 bits per heavy atom. The van der Waals surface area contributed by atoms with Crippen LogP contribution >= 0.6 is 11.8 Å². The van der Waals surface area contributed by atoms with Gasteiger partial charge in [0, 0.05) is 0 Å². The van der Waals surface area contributed by atoms with E-state index < -0.39 is 17.0 Å². The van der Waals surface area contributed by atoms with Gasteiger partial charge in [0.15, 0.2) is 10.8 Å². The lowest BCUT2D eigenvalue weighted by molar-refractivity contribution is -0.113. The highest BCUT2D eigenvalue weighted by Crippen LogP contribution is 2.24. The lowest BCUT2D eigenvalue weighted by Crippen LogP contribution is -2.25. The van der Waals surface area contributed by atoms with E-state index in [9.17, 15) is 19.5 Å². The largest absolute Gasteiger partial charge is 0.511 e. The highest BCUT2D eigenvalue weighted by molar-refractivity contribution is 8.04. The molecule has 1 aromatic heterocycles. The molecule has 0 saturated heterocycles. The Hall–Kier alpha value is -1.83. The number of aromatic amines is 2. The Labute approximate surface area is 93.6 Å². The number of thioether (sulfide) groups is 1. The molecule has 8 heteroatoms. The van der Waals surface area contributed by atoms with Crippen LogP contribution < -0.4 is 11.2 Å². The van der Waals surface area contributed by atoms with Crippen molar-refractivity contribution in [2.75, 3.05) is 0 Å². The maximum Gasteiger partial charge on any atom is 0.342 e. The Morgan fingerprint density at radius 3 is 2.44 bits per heavy atom. The molecule has 0 unspecified atom stereocenters. The first-order valence-electron chi connectivity index (χ1n) is 4.19. The topological polar surface area (TPSA) is 116 Å². The van der Waals surface area contributed by atoms with Crippen molar-refractivity contribution in [3.8, 4) is 0 Å². The Balaban J connectivity index is 3.14. The van der Waals surface area contributed by atoms with Crippen molar-refractivity contribution >= 4 is 17.5 Å². The summed E-state index contributed by atoms with van der Waals surface area (Å²) in [4.78, 5) is 35.0. The monoisotopic (exact) mass is 243 g/mol. The van der Waals surface area contributed by atoms with E-state index in [2.05, 4.69) is 5.10 Å². The van der Waals surface area contributed by atoms with Gasteiger partial charge in [0.25, 0.3) is 5.56 Å². The second-order valence-corrected chi connectivity index (χ2v) is 3.88. The van der Waals surface area contributed by atoms with E-state index >= 15 is 0 Å². The van der Waals surface area contributed by atoms with Crippen LogP contribution in [-0.4, -0.2) is 26.1 Å². The third kappa shape index (κ3) is 2.83. The minimum atomic E-state index is -0.733. The molecule has 86 valence electrons. The smallest absolute Gasteiger partial charge is 0.342 e. The molecule has 0 spiro atoms. The maximum atomic E-state index is 11.2. The van der Waals surface area contributed by atoms with E-state index in [4.69, 9.17) is 0 Å². The summed E-state index contributed by atoms with van der Waals surface area (Å²) in [5, 5.41) is 14.6. The van der Waals surface area contributed by atoms with Gasteiger partial charge in [-0.2, -0.15) is 5.10 Å². The van der Waals surface area contributed by atoms with Gasteiger partial charge in [-0.25, -0.2) is 9.89 Å². The minimum absolute atomic E-state index is 0.00467. The molecule has 0 fully saturated rings. The third-order valence-corrected chi connectivity index (χ3v) is 2.78. The number of aliphatic hydroxyl groups excluding tert-OH is 1. The minimum Gasteiger partial charge on any atom is -0.511 e. The fraction of sp³-hybridized carbons (Fsp3) is 0.250. The number of hydrogen-bond donors (Lipinski definition) is 3. The number of nitrogens with one attached hydrogen (secondary N) is 2. The van der Waals surface area contributed by atoms with Crippen LogP contribution in [0.15, 0.2) is 25.3 Å². The fourth-order valence-electron chi connectivity index (χ4n) is 0.903. The number of aliphatic hydroxyl groups is 1. The molecule has 1 rings (SSSR count). The normalized spacial score (nSPS) is 12.1. The van der Waals surface area contributed by atoms with E-state index in [0.29, 0.717) is 11.8 Å². The zero-order valence-electron chi connectivity index (χ0n) is 8.53. The van der Waals surface area contributed by atoms with E-state index in [1.165, 1.54) is 13.8 Å². The van der Waals surface area contributed by atoms with Gasteiger partial charge < -0.3 is 5.11 Å². The van der Waals surface area contributed by atoms with Crippen LogP contribution in [0.4, 0.5) is 0 Å². The quantitative estimate of drug-likeness (QED) is 0.388. The molecule has 0 aromatic carbocycles. The Morgan fingerprint density at radius 1 is 1.38 bits per heavy atom. The number of hydrogen-bond acceptors (Lipinski definition) is 6. The van der Waals surface area contributed by atoms with Crippen molar-refractivity contribution < 1.29 is 9.90 Å². The summed E-state index contributed by atoms with van der Waals surface area (Å²) < 4.78 is 0. The van der Waals surface area contributed by atoms with Crippen molar-refractivity contribution in [3.05, 3.63) is 31.5 Å². The highest BCUT2D eigenvalue weighted by atomic mass is 32.2. The number of aromatic nitrogens is 3. The second-order valence-electron chi connectivity index (χ2n) is 2.88. The standard InChI is InChI=1S/C8H9N3O4S/c1-3(12)5(4(2)13)16-7-6(14)9-8(15)11-10-7/h12H,1-2H3,(H2,9,11,14,15). The lowest BCUT2D eigenvalue weighted by Gasteiger charge is -2.02. The van der Waals surface area contributed by atoms with Gasteiger partial charge in [-0.15, -0.1) is 0 Å². The van der Waals surface area contributed by atoms with Crippen LogP contribution in [0.2, 0.25) is 0 Å². The molecule has 0 aliphatic rings. The number of H-pyrrole nitrogens is 2. The molecule has 0 atom stereocenters. The third-order valence-electron chi connectivity index (χ3n) is 1.53. The molecule has 0 bridgehead atoms. The number of allylic oxidation sites excluding steroid dienone is 2. The van der Waals surface area contributed by atoms with Crippen LogP contribution in [0.1, 0.15) is 13.8 Å². The first kappa shape index (κ1) is 12.2. The van der Waals surface area contributed by atoms with E-state index in [0.717, 1.165) is 0 Å². The number of nitrogens with zero attached hydrogens (tertiary/aromatic N) is 1. The summed E-state index contributed by atoms with van der Waals surface area (Å²) in [6.45, 7) is 2.57. The van der Waals surface area contributed by atoms with Gasteiger partial charge in [0.2, 0.25) is 0 Å². The van der Waals surface area contributed by atoms with Crippen LogP contribution in [0.25, 0.3) is 0 Å². The van der Waals surface area contributed by atoms with Crippen LogP contribution in [-0.2, 0) is 4.79 Å². The first-order chi connectivity index (χ1) is 7.41. The molecule has 0 amide bonds. The SMILES string of the molecule is CC(=O)C(Sc1n[nH]c(=O)[nH]c1=O)=C(C)O. The molecule has 16 heavy (non-hydrogen) atoms. The number of ketones is 1. The maximum absolute atomic E-state index is 11.2. The molecular formula is C8H9N3O4S. The molecule has 0 aliphatic heterocycles. The molecule has 0 saturated carbocycles. The molecule has 1 aromatic rings. The summed E-state index contributed by atoms with van der Waals surface area (Å²) in [6.07, 6.45) is 0. The number of carbonyl (C=O) groups is 1. The molecule has 3 N–H and O–H groups in total. The van der Waals surface area contributed by atoms with E-state index in [1.54, 1.807) is 0 Å². The molecule has 1 heterocycles. The summed E-state index contributed by atoms with van der Waals surface area (Å²) in [7, 11) is 0. The molecule has 7 nitrogen and oxygen atoms in total. The van der Waals surface area contributed by atoms with Crippen LogP contribution in [0.3, 0.4) is 0 Å². The number of carbonyl (C=O) groups excluding carboxylic acids is 1. The van der Waals surface area contributed by atoms with Crippen molar-refractivity contribution in [1.29, 1.82) is 0 Å². The average molecular weight is 243 g/mol. The van der Waals surface area contributed by atoms with E-state index in [1.807, 2.05) is 10.1 Å². The van der Waals surface area contributed by atoms with Gasteiger partial charge in [-0.3, -0.25) is 14.6 Å². The lowest BCUT2D eigenvalue weighted by atomic mass is 10.4. The Bertz CT molecular complexity index is 553. The summed E-state index contributed by atoms with van der Waals surface area (Å²) >= 11 is 0.695. The first-order valence-corrected chi connectivity index (χ1v) is 5.01. The van der Waals surface area contributed by atoms with Gasteiger partial charge >= 0.3 is 5.69 Å². The predicted molar refractivity (Wildman–Crippen MR) is 57.3 cm³/mol. The van der Waals surface area contributed by atoms with Crippen LogP contribution in [0.5, 0.6) is 0 Å². The zero-order valence-corrected chi connectivity index (χ0v) is 9.34. The van der Waals surface area contributed by atoms with Gasteiger partial charge in [-0.1, -0.05) is 11.8 Å². The van der Waals surface area contributed by atoms with Crippen molar-refractivity contribution in [2.45, 2.75) is 18.9 Å². The average Bonchev–Trinajstić information content (AvgIpc) is 2.15. The predicted octanol–water partition coefficient (Wildman–Crippen LogP) is -0.0712. The number of rotatable bonds is 3. The fourth-order valence-corrected chi connectivity index (χ4v) is 1.62. The number of Topliss-reactive ketones (excluding diaryl/α,β-unsaturated/α-hetero) is 1. The van der Waals surface area contributed by atoms with Gasteiger partial charge in [0.05, 0.1) is 4.91 Å². The van der Waals surface area contributed by atoms with Crippen molar-refractivity contribution in [1.82, 2.24) is 15.2 Å². The van der Waals surface area contributed by atoms with Crippen LogP contribution in [0, 0.1) is 0 Å². The zero-order chi connectivity index (χ0) is 12.3. The molecule has 0 aliphatic carbocycles. The van der Waals surface area contributed by atoms with Crippen molar-refractivity contribution in [2.24, 2.45) is 0 Å². The summed E-state index contributed by atoms with van der Waals surface area (Å²) in [5.41, 5.74) is -1.45. The summed E-state index contributed by atoms with van der Waals surface area (Å²) in [5.74, 6) is -0.595. The van der Waals surface area contributed by atoms with Crippen molar-refractivity contribution in [3.63, 3.8) is 0 Å². The second kappa shape index (κ2) is 4.79. The van der Waals surface area contributed by atoms with Gasteiger partial charge in [0.1, 0.15) is 5.76 Å². The molecule has 0 radical (unpaired) electrons. The molecular weight excluding hydrogens is 234 g/mol. The summed E-state index contributed by atoms with van der Waals surface area (Å²) in [6, 6.07) is 0. The Kier molecular flexibility index (Phi) is 3.67. The van der Waals surface area contributed by atoms with E-state index in [-0.39, 0.29) is 15.7 Å². The van der Waals surface area contributed by atoms with Gasteiger partial charge in [-0.05, 0) is 13.8 Å².